The highest BCUT2D eigenvalue weighted by Gasteiger charge is 2.22. The monoisotopic (exact) mass is 385 g/mol. The Morgan fingerprint density at radius 2 is 2.14 bits per heavy atom. The molecule has 1 aliphatic rings. The van der Waals surface area contributed by atoms with Crippen molar-refractivity contribution in [2.45, 2.75) is 25.7 Å². The minimum atomic E-state index is -1.08. The Kier molecular flexibility index (Phi) is 6.06. The van der Waals surface area contributed by atoms with Crippen molar-refractivity contribution in [2.75, 3.05) is 18.4 Å². The molecule has 2 aromatic rings. The zero-order valence-corrected chi connectivity index (χ0v) is 15.6. The van der Waals surface area contributed by atoms with Crippen LogP contribution in [0.3, 0.4) is 0 Å². The Bertz CT molecular complexity index is 932. The zero-order valence-electron chi connectivity index (χ0n) is 15.6. The minimum Gasteiger partial charge on any atom is -0.478 e. The topological polar surface area (TPSA) is 126 Å². The molecule has 2 unspecified atom stereocenters. The quantitative estimate of drug-likeness (QED) is 0.520. The van der Waals surface area contributed by atoms with Gasteiger partial charge in [-0.2, -0.15) is 0 Å². The van der Waals surface area contributed by atoms with Crippen LogP contribution < -0.4 is 10.6 Å². The number of nitrogens with zero attached hydrogens (tertiary/aromatic N) is 3. The van der Waals surface area contributed by atoms with Crippen LogP contribution in [-0.4, -0.2) is 45.8 Å². The molecule has 2 amide bonds. The zero-order chi connectivity index (χ0) is 20.1. The Morgan fingerprint density at radius 3 is 2.89 bits per heavy atom. The lowest BCUT2D eigenvalue weighted by Gasteiger charge is -2.28. The SMILES string of the molecule is Cn1cnc2cc(NC(=O)NCC3CCCC(CN=C=O)C3)cc(C(=O)O)c21. The van der Waals surface area contributed by atoms with Gasteiger partial charge in [-0.15, -0.1) is 0 Å². The number of rotatable bonds is 6. The summed E-state index contributed by atoms with van der Waals surface area (Å²) < 4.78 is 1.64. The van der Waals surface area contributed by atoms with Gasteiger partial charge in [0.05, 0.1) is 29.5 Å². The highest BCUT2D eigenvalue weighted by Crippen LogP contribution is 2.29. The first-order valence-corrected chi connectivity index (χ1v) is 9.24. The first kappa shape index (κ1) is 19.6. The summed E-state index contributed by atoms with van der Waals surface area (Å²) >= 11 is 0. The number of nitrogens with one attached hydrogen (secondary N) is 2. The van der Waals surface area contributed by atoms with Gasteiger partial charge in [0.15, 0.2) is 0 Å². The lowest BCUT2D eigenvalue weighted by Crippen LogP contribution is -2.35. The number of anilines is 1. The van der Waals surface area contributed by atoms with Gasteiger partial charge < -0.3 is 20.3 Å². The molecule has 0 spiro atoms. The third kappa shape index (κ3) is 4.55. The van der Waals surface area contributed by atoms with Gasteiger partial charge in [0.25, 0.3) is 0 Å². The molecular formula is C19H23N5O4. The maximum atomic E-state index is 12.3. The molecule has 1 fully saturated rings. The molecular weight excluding hydrogens is 362 g/mol. The number of aromatic nitrogens is 2. The second-order valence-electron chi connectivity index (χ2n) is 7.22. The van der Waals surface area contributed by atoms with Gasteiger partial charge in [0.2, 0.25) is 6.08 Å². The normalized spacial score (nSPS) is 19.0. The summed E-state index contributed by atoms with van der Waals surface area (Å²) in [5.41, 5.74) is 1.47. The largest absolute Gasteiger partial charge is 0.478 e. The molecule has 1 aliphatic carbocycles. The maximum absolute atomic E-state index is 12.3. The van der Waals surface area contributed by atoms with Gasteiger partial charge in [0.1, 0.15) is 0 Å². The Balaban J connectivity index is 1.60. The van der Waals surface area contributed by atoms with E-state index < -0.39 is 5.97 Å². The van der Waals surface area contributed by atoms with Crippen LogP contribution in [-0.2, 0) is 11.8 Å². The fourth-order valence-corrected chi connectivity index (χ4v) is 3.86. The minimum absolute atomic E-state index is 0.0821. The van der Waals surface area contributed by atoms with Crippen LogP contribution in [0.5, 0.6) is 0 Å². The number of urea groups is 1. The smallest absolute Gasteiger partial charge is 0.337 e. The molecule has 3 N–H and O–H groups in total. The average Bonchev–Trinajstić information content (AvgIpc) is 3.05. The van der Waals surface area contributed by atoms with Crippen LogP contribution in [0, 0.1) is 11.8 Å². The van der Waals surface area contributed by atoms with E-state index in [0.29, 0.717) is 41.6 Å². The predicted octanol–water partition coefficient (Wildman–Crippen LogP) is 2.54. The first-order valence-electron chi connectivity index (χ1n) is 9.24. The highest BCUT2D eigenvalue weighted by atomic mass is 16.4. The number of carbonyl (C=O) groups excluding carboxylic acids is 2. The number of fused-ring (bicyclic) bond motifs is 1. The standard InChI is InChI=1S/C19H23N5O4/c1-24-10-22-16-7-14(6-15(17(16)24)18(26)27)23-19(28)21-9-13-4-2-3-12(5-13)8-20-11-25/h6-7,10,12-13H,2-5,8-9H2,1H3,(H,26,27)(H2,21,23,28). The van der Waals surface area contributed by atoms with Crippen molar-refractivity contribution in [3.05, 3.63) is 24.0 Å². The van der Waals surface area contributed by atoms with E-state index in [0.717, 1.165) is 25.7 Å². The maximum Gasteiger partial charge on any atom is 0.337 e. The summed E-state index contributed by atoms with van der Waals surface area (Å²) in [7, 11) is 1.72. The number of hydrogen-bond acceptors (Lipinski definition) is 5. The molecule has 1 heterocycles. The van der Waals surface area contributed by atoms with E-state index in [1.54, 1.807) is 23.8 Å². The number of benzene rings is 1. The van der Waals surface area contributed by atoms with Crippen LogP contribution >= 0.6 is 0 Å². The van der Waals surface area contributed by atoms with Crippen LogP contribution in [0.4, 0.5) is 10.5 Å². The molecule has 9 nitrogen and oxygen atoms in total. The van der Waals surface area contributed by atoms with Crippen molar-refractivity contribution in [2.24, 2.45) is 23.9 Å². The molecule has 0 saturated heterocycles. The molecule has 1 aromatic carbocycles. The first-order chi connectivity index (χ1) is 13.5. The third-order valence-corrected chi connectivity index (χ3v) is 5.16. The molecule has 0 radical (unpaired) electrons. The van der Waals surface area contributed by atoms with Crippen molar-refractivity contribution in [1.82, 2.24) is 14.9 Å². The molecule has 28 heavy (non-hydrogen) atoms. The fourth-order valence-electron chi connectivity index (χ4n) is 3.86. The van der Waals surface area contributed by atoms with Crippen molar-refractivity contribution in [1.29, 1.82) is 0 Å². The molecule has 148 valence electrons. The van der Waals surface area contributed by atoms with Crippen LogP contribution in [0.15, 0.2) is 23.5 Å². The fraction of sp³-hybridized carbons (Fsp3) is 0.474. The third-order valence-electron chi connectivity index (χ3n) is 5.16. The van der Waals surface area contributed by atoms with E-state index in [9.17, 15) is 19.5 Å². The number of carbonyl (C=O) groups is 2. The summed E-state index contributed by atoms with van der Waals surface area (Å²) in [5.74, 6) is -0.391. The number of aliphatic imine (C=N–C) groups is 1. The lowest BCUT2D eigenvalue weighted by atomic mass is 9.81. The van der Waals surface area contributed by atoms with Gasteiger partial charge in [0, 0.05) is 19.3 Å². The number of isocyanates is 1. The Labute approximate surface area is 161 Å². The number of hydrogen-bond donors (Lipinski definition) is 3. The summed E-state index contributed by atoms with van der Waals surface area (Å²) in [6.07, 6.45) is 7.13. The van der Waals surface area contributed by atoms with E-state index in [1.807, 2.05) is 0 Å². The second kappa shape index (κ2) is 8.67. The number of imidazole rings is 1. The Morgan fingerprint density at radius 1 is 1.36 bits per heavy atom. The predicted molar refractivity (Wildman–Crippen MR) is 103 cm³/mol. The van der Waals surface area contributed by atoms with Gasteiger partial charge in [-0.3, -0.25) is 0 Å². The number of aromatic carboxylic acids is 1. The van der Waals surface area contributed by atoms with E-state index >= 15 is 0 Å². The van der Waals surface area contributed by atoms with E-state index in [1.165, 1.54) is 12.4 Å². The van der Waals surface area contributed by atoms with Crippen molar-refractivity contribution < 1.29 is 19.5 Å². The van der Waals surface area contributed by atoms with E-state index in [4.69, 9.17) is 0 Å². The highest BCUT2D eigenvalue weighted by molar-refractivity contribution is 6.04. The molecule has 3 rings (SSSR count). The number of aryl methyl sites for hydroxylation is 1. The summed E-state index contributed by atoms with van der Waals surface area (Å²) in [6.45, 7) is 1.01. The summed E-state index contributed by atoms with van der Waals surface area (Å²) in [4.78, 5) is 41.9. The van der Waals surface area contributed by atoms with E-state index in [-0.39, 0.29) is 11.6 Å². The molecule has 1 saturated carbocycles. The molecule has 9 heteroatoms. The van der Waals surface area contributed by atoms with Crippen LogP contribution in [0.2, 0.25) is 0 Å². The number of carboxylic acids is 1. The number of carboxylic acid groups (broad SMARTS) is 1. The molecule has 0 bridgehead atoms. The van der Waals surface area contributed by atoms with Crippen LogP contribution in [0.1, 0.15) is 36.0 Å². The second-order valence-corrected chi connectivity index (χ2v) is 7.22. The Hall–Kier alpha value is -3.19. The van der Waals surface area contributed by atoms with Gasteiger partial charge in [-0.1, -0.05) is 6.42 Å². The lowest BCUT2D eigenvalue weighted by molar-refractivity contribution is 0.0698. The molecule has 1 aromatic heterocycles. The summed E-state index contributed by atoms with van der Waals surface area (Å²) in [5, 5.41) is 15.0. The molecule has 2 atom stereocenters. The van der Waals surface area contributed by atoms with Crippen molar-refractivity contribution in [3.8, 4) is 0 Å². The van der Waals surface area contributed by atoms with Crippen molar-refractivity contribution in [3.63, 3.8) is 0 Å². The van der Waals surface area contributed by atoms with Gasteiger partial charge >= 0.3 is 12.0 Å². The molecule has 0 aliphatic heterocycles. The van der Waals surface area contributed by atoms with E-state index in [2.05, 4.69) is 20.6 Å². The summed E-state index contributed by atoms with van der Waals surface area (Å²) in [6, 6.07) is 2.69. The van der Waals surface area contributed by atoms with Crippen molar-refractivity contribution >= 4 is 34.8 Å². The van der Waals surface area contributed by atoms with Crippen LogP contribution in [0.25, 0.3) is 11.0 Å². The average molecular weight is 385 g/mol. The van der Waals surface area contributed by atoms with Gasteiger partial charge in [-0.25, -0.2) is 24.4 Å². The van der Waals surface area contributed by atoms with Gasteiger partial charge in [-0.05, 0) is 43.2 Å². The number of amides is 2.